The van der Waals surface area contributed by atoms with E-state index in [9.17, 15) is 14.4 Å². The molecule has 6 nitrogen and oxygen atoms in total. The van der Waals surface area contributed by atoms with Gasteiger partial charge in [0.1, 0.15) is 5.69 Å². The van der Waals surface area contributed by atoms with E-state index in [0.29, 0.717) is 22.5 Å². The average Bonchev–Trinajstić information content (AvgIpc) is 2.76. The second-order valence-corrected chi connectivity index (χ2v) is 6.73. The van der Waals surface area contributed by atoms with Gasteiger partial charge >= 0.3 is 5.97 Å². The van der Waals surface area contributed by atoms with E-state index in [1.807, 2.05) is 13.8 Å². The topological polar surface area (TPSA) is 79.5 Å². The van der Waals surface area contributed by atoms with Crippen molar-refractivity contribution in [1.82, 2.24) is 9.88 Å². The molecule has 1 amide bonds. The lowest BCUT2D eigenvalue weighted by atomic mass is 9.84. The van der Waals surface area contributed by atoms with E-state index >= 15 is 0 Å². The summed E-state index contributed by atoms with van der Waals surface area (Å²) in [6.45, 7) is 7.34. The SMILES string of the molecule is COC(=O)c1[nH]c(C)c(C(=O)CN(C(=O)C2CCC2)C(C)C)c1C. The Kier molecular flexibility index (Phi) is 5.47. The quantitative estimate of drug-likeness (QED) is 0.641. The zero-order valence-corrected chi connectivity index (χ0v) is 15.1. The normalized spacial score (nSPS) is 14.4. The van der Waals surface area contributed by atoms with Crippen LogP contribution >= 0.6 is 0 Å². The van der Waals surface area contributed by atoms with Crippen LogP contribution in [0.4, 0.5) is 0 Å². The summed E-state index contributed by atoms with van der Waals surface area (Å²) in [7, 11) is 1.30. The first-order valence-corrected chi connectivity index (χ1v) is 8.39. The summed E-state index contributed by atoms with van der Waals surface area (Å²) < 4.78 is 4.73. The first-order valence-electron chi connectivity index (χ1n) is 8.39. The van der Waals surface area contributed by atoms with Crippen molar-refractivity contribution >= 4 is 17.7 Å². The Balaban J connectivity index is 2.22. The van der Waals surface area contributed by atoms with Crippen LogP contribution in [-0.4, -0.2) is 47.2 Å². The first-order chi connectivity index (χ1) is 11.3. The number of aryl methyl sites for hydroxylation is 1. The Hall–Kier alpha value is -2.11. The summed E-state index contributed by atoms with van der Waals surface area (Å²) >= 11 is 0. The highest BCUT2D eigenvalue weighted by Crippen LogP contribution is 2.29. The molecule has 1 aromatic heterocycles. The van der Waals surface area contributed by atoms with Crippen molar-refractivity contribution in [2.45, 2.75) is 53.0 Å². The van der Waals surface area contributed by atoms with Gasteiger partial charge in [0.05, 0.1) is 13.7 Å². The predicted molar refractivity (Wildman–Crippen MR) is 90.1 cm³/mol. The van der Waals surface area contributed by atoms with Crippen molar-refractivity contribution in [3.8, 4) is 0 Å². The zero-order chi connectivity index (χ0) is 18.0. The van der Waals surface area contributed by atoms with Crippen LogP contribution in [0, 0.1) is 19.8 Å². The molecule has 0 aromatic carbocycles. The molecule has 0 aliphatic heterocycles. The lowest BCUT2D eigenvalue weighted by Gasteiger charge is -2.33. The van der Waals surface area contributed by atoms with E-state index in [1.165, 1.54) is 7.11 Å². The summed E-state index contributed by atoms with van der Waals surface area (Å²) in [5, 5.41) is 0. The second kappa shape index (κ2) is 7.20. The average molecular weight is 334 g/mol. The fourth-order valence-electron chi connectivity index (χ4n) is 3.11. The molecule has 1 aliphatic carbocycles. The van der Waals surface area contributed by atoms with Crippen molar-refractivity contribution < 1.29 is 19.1 Å². The number of esters is 1. The lowest BCUT2D eigenvalue weighted by molar-refractivity contribution is -0.139. The largest absolute Gasteiger partial charge is 0.464 e. The van der Waals surface area contributed by atoms with Crippen LogP contribution in [0.1, 0.15) is 65.2 Å². The number of carbonyl (C=O) groups excluding carboxylic acids is 3. The van der Waals surface area contributed by atoms with Gasteiger partial charge in [-0.3, -0.25) is 9.59 Å². The Morgan fingerprint density at radius 2 is 1.88 bits per heavy atom. The van der Waals surface area contributed by atoms with Crippen LogP contribution < -0.4 is 0 Å². The van der Waals surface area contributed by atoms with Crippen molar-refractivity contribution in [3.05, 3.63) is 22.5 Å². The highest BCUT2D eigenvalue weighted by molar-refractivity contribution is 6.04. The van der Waals surface area contributed by atoms with Gasteiger partial charge in [-0.05, 0) is 46.1 Å². The van der Waals surface area contributed by atoms with Gasteiger partial charge in [0, 0.05) is 23.2 Å². The molecule has 1 heterocycles. The monoisotopic (exact) mass is 334 g/mol. The van der Waals surface area contributed by atoms with Gasteiger partial charge in [0.25, 0.3) is 0 Å². The van der Waals surface area contributed by atoms with E-state index in [-0.39, 0.29) is 30.2 Å². The Morgan fingerprint density at radius 1 is 1.25 bits per heavy atom. The molecule has 6 heteroatoms. The zero-order valence-electron chi connectivity index (χ0n) is 15.1. The molecule has 0 saturated heterocycles. The summed E-state index contributed by atoms with van der Waals surface area (Å²) in [5.41, 5.74) is 1.96. The number of nitrogens with zero attached hydrogens (tertiary/aromatic N) is 1. The van der Waals surface area contributed by atoms with E-state index in [0.717, 1.165) is 19.3 Å². The minimum absolute atomic E-state index is 0.0349. The number of ether oxygens (including phenoxy) is 1. The number of methoxy groups -OCH3 is 1. The number of nitrogens with one attached hydrogen (secondary N) is 1. The number of Topliss-reactive ketones (excluding diaryl/α,β-unsaturated/α-hetero) is 1. The molecule has 1 aromatic rings. The summed E-state index contributed by atoms with van der Waals surface area (Å²) in [6.07, 6.45) is 2.89. The number of hydrogen-bond donors (Lipinski definition) is 1. The van der Waals surface area contributed by atoms with Crippen LogP contribution in [0.25, 0.3) is 0 Å². The van der Waals surface area contributed by atoms with Gasteiger partial charge < -0.3 is 14.6 Å². The van der Waals surface area contributed by atoms with Crippen molar-refractivity contribution in [2.24, 2.45) is 5.92 Å². The van der Waals surface area contributed by atoms with Crippen LogP contribution in [0.3, 0.4) is 0 Å². The molecule has 1 aliphatic rings. The molecule has 0 atom stereocenters. The van der Waals surface area contributed by atoms with Gasteiger partial charge in [-0.1, -0.05) is 6.42 Å². The molecule has 0 bridgehead atoms. The summed E-state index contributed by atoms with van der Waals surface area (Å²) in [6, 6.07) is -0.0401. The fourth-order valence-corrected chi connectivity index (χ4v) is 3.11. The Morgan fingerprint density at radius 3 is 2.33 bits per heavy atom. The minimum Gasteiger partial charge on any atom is -0.464 e. The van der Waals surface area contributed by atoms with Gasteiger partial charge in [0.2, 0.25) is 5.91 Å². The van der Waals surface area contributed by atoms with E-state index in [1.54, 1.807) is 18.7 Å². The van der Waals surface area contributed by atoms with Gasteiger partial charge in [0.15, 0.2) is 5.78 Å². The minimum atomic E-state index is -0.499. The van der Waals surface area contributed by atoms with Gasteiger partial charge in [-0.15, -0.1) is 0 Å². The molecule has 1 saturated carbocycles. The highest BCUT2D eigenvalue weighted by atomic mass is 16.5. The van der Waals surface area contributed by atoms with E-state index in [2.05, 4.69) is 4.98 Å². The molecular formula is C18H26N2O4. The van der Waals surface area contributed by atoms with E-state index < -0.39 is 5.97 Å². The molecule has 1 fully saturated rings. The maximum absolute atomic E-state index is 12.8. The molecule has 0 radical (unpaired) electrons. The maximum atomic E-state index is 12.8. The molecule has 132 valence electrons. The van der Waals surface area contributed by atoms with E-state index in [4.69, 9.17) is 4.74 Å². The molecule has 0 spiro atoms. The Bertz CT molecular complexity index is 656. The number of hydrogen-bond acceptors (Lipinski definition) is 4. The maximum Gasteiger partial charge on any atom is 0.354 e. The van der Waals surface area contributed by atoms with Crippen LogP contribution in [0.2, 0.25) is 0 Å². The predicted octanol–water partition coefficient (Wildman–Crippen LogP) is 2.64. The smallest absolute Gasteiger partial charge is 0.354 e. The number of amides is 1. The van der Waals surface area contributed by atoms with Gasteiger partial charge in [-0.25, -0.2) is 4.79 Å². The second-order valence-electron chi connectivity index (χ2n) is 6.73. The Labute approximate surface area is 142 Å². The number of H-pyrrole nitrogens is 1. The third kappa shape index (κ3) is 3.37. The van der Waals surface area contributed by atoms with Crippen molar-refractivity contribution in [1.29, 1.82) is 0 Å². The number of ketones is 1. The van der Waals surface area contributed by atoms with Crippen LogP contribution in [-0.2, 0) is 9.53 Å². The number of aromatic nitrogens is 1. The number of rotatable bonds is 6. The summed E-state index contributed by atoms with van der Waals surface area (Å²) in [5.74, 6) is -0.540. The highest BCUT2D eigenvalue weighted by Gasteiger charge is 2.32. The van der Waals surface area contributed by atoms with Crippen molar-refractivity contribution in [3.63, 3.8) is 0 Å². The third-order valence-corrected chi connectivity index (χ3v) is 4.78. The molecular weight excluding hydrogens is 308 g/mol. The number of aromatic amines is 1. The molecule has 1 N–H and O–H groups in total. The van der Waals surface area contributed by atoms with Crippen molar-refractivity contribution in [2.75, 3.05) is 13.7 Å². The van der Waals surface area contributed by atoms with Gasteiger partial charge in [-0.2, -0.15) is 0 Å². The third-order valence-electron chi connectivity index (χ3n) is 4.78. The summed E-state index contributed by atoms with van der Waals surface area (Å²) in [4.78, 5) is 41.7. The van der Waals surface area contributed by atoms with Crippen LogP contribution in [0.15, 0.2) is 0 Å². The van der Waals surface area contributed by atoms with Crippen LogP contribution in [0.5, 0.6) is 0 Å². The molecule has 2 rings (SSSR count). The fraction of sp³-hybridized carbons (Fsp3) is 0.611. The first kappa shape index (κ1) is 18.2. The number of carbonyl (C=O) groups is 3. The molecule has 0 unspecified atom stereocenters. The molecule has 24 heavy (non-hydrogen) atoms. The lowest BCUT2D eigenvalue weighted by Crippen LogP contribution is -2.45. The standard InChI is InChI=1S/C18H26N2O4/c1-10(2)20(17(22)13-7-6-8-13)9-14(21)15-11(3)16(18(23)24-5)19-12(15)4/h10,13,19H,6-9H2,1-5H3.